The Bertz CT molecular complexity index is 1290. The van der Waals surface area contributed by atoms with Gasteiger partial charge in [-0.2, -0.15) is 0 Å². The van der Waals surface area contributed by atoms with Crippen LogP contribution in [0.5, 0.6) is 0 Å². The van der Waals surface area contributed by atoms with Gasteiger partial charge in [0.25, 0.3) is 0 Å². The van der Waals surface area contributed by atoms with Gasteiger partial charge in [-0.3, -0.25) is 0 Å². The Morgan fingerprint density at radius 2 is 1.22 bits per heavy atom. The van der Waals surface area contributed by atoms with Crippen LogP contribution in [0.15, 0.2) is 70.2 Å². The quantitative estimate of drug-likeness (QED) is 0.315. The van der Waals surface area contributed by atoms with Crippen LogP contribution in [-0.4, -0.2) is 8.07 Å². The molecule has 3 aromatic carbocycles. The van der Waals surface area contributed by atoms with E-state index in [-0.39, 0.29) is 0 Å². The third kappa shape index (κ3) is 3.31. The Balaban J connectivity index is 1.64. The first-order chi connectivity index (χ1) is 15.2. The summed E-state index contributed by atoms with van der Waals surface area (Å²) in [7, 11) is -1.79. The summed E-state index contributed by atoms with van der Waals surface area (Å²) in [5, 5.41) is 0. The van der Waals surface area contributed by atoms with E-state index in [1.54, 1.807) is 0 Å². The number of hydrogen-bond acceptors (Lipinski definition) is 0. The molecule has 0 nitrogen and oxygen atoms in total. The molecule has 2 atom stereocenters. The number of benzene rings is 3. The standard InChI is InChI=1S/C30H31BrSi/c1-18-13-19(2)15-22(14-18)23-9-7-10-24-26(23)16-20(3)29(24)32(5,6)30-21(4)17-27-25(30)11-8-12-28(27)31/h7-17,29-30H,1-6H3. The Morgan fingerprint density at radius 1 is 0.688 bits per heavy atom. The molecule has 162 valence electrons. The molecule has 0 amide bonds. The molecule has 2 unspecified atom stereocenters. The molecular formula is C30H31BrSi. The Kier molecular flexibility index (Phi) is 5.22. The van der Waals surface area contributed by atoms with Crippen molar-refractivity contribution in [2.45, 2.75) is 51.9 Å². The molecule has 0 bridgehead atoms. The van der Waals surface area contributed by atoms with Gasteiger partial charge in [0.1, 0.15) is 0 Å². The molecule has 0 saturated carbocycles. The van der Waals surface area contributed by atoms with Crippen molar-refractivity contribution in [1.82, 2.24) is 0 Å². The van der Waals surface area contributed by atoms with Gasteiger partial charge in [0, 0.05) is 15.6 Å². The summed E-state index contributed by atoms with van der Waals surface area (Å²) in [5.74, 6) is 0. The lowest BCUT2D eigenvalue weighted by Crippen LogP contribution is -2.42. The van der Waals surface area contributed by atoms with Gasteiger partial charge in [0.05, 0.1) is 8.07 Å². The second-order valence-corrected chi connectivity index (χ2v) is 16.0. The van der Waals surface area contributed by atoms with Gasteiger partial charge in [-0.1, -0.05) is 112 Å². The minimum Gasteiger partial charge on any atom is -0.0679 e. The molecule has 0 heterocycles. The van der Waals surface area contributed by atoms with Gasteiger partial charge >= 0.3 is 0 Å². The lowest BCUT2D eigenvalue weighted by molar-refractivity contribution is 0.968. The van der Waals surface area contributed by atoms with Crippen LogP contribution in [0, 0.1) is 13.8 Å². The first kappa shape index (κ1) is 21.7. The van der Waals surface area contributed by atoms with Crippen molar-refractivity contribution < 1.29 is 0 Å². The van der Waals surface area contributed by atoms with E-state index in [0.717, 1.165) is 0 Å². The highest BCUT2D eigenvalue weighted by Gasteiger charge is 2.47. The number of hydrogen-bond donors (Lipinski definition) is 0. The molecule has 0 saturated heterocycles. The van der Waals surface area contributed by atoms with Crippen LogP contribution >= 0.6 is 15.9 Å². The lowest BCUT2D eigenvalue weighted by Gasteiger charge is -2.39. The molecule has 0 aliphatic heterocycles. The van der Waals surface area contributed by atoms with E-state index in [0.29, 0.717) is 11.1 Å². The maximum atomic E-state index is 3.80. The SMILES string of the molecule is CC1=Cc2c(Br)cccc2C1[Si](C)(C)C1C(C)=Cc2c(-c3cc(C)cc(C)c3)cccc21. The summed E-state index contributed by atoms with van der Waals surface area (Å²) >= 11 is 3.80. The highest BCUT2D eigenvalue weighted by Crippen LogP contribution is 2.53. The average Bonchev–Trinajstić information content (AvgIpc) is 3.24. The predicted molar refractivity (Wildman–Crippen MR) is 146 cm³/mol. The molecular weight excluding hydrogens is 468 g/mol. The highest BCUT2D eigenvalue weighted by atomic mass is 79.9. The van der Waals surface area contributed by atoms with Crippen LogP contribution in [0.4, 0.5) is 0 Å². The monoisotopic (exact) mass is 498 g/mol. The predicted octanol–water partition coefficient (Wildman–Crippen LogP) is 9.22. The molecule has 0 aromatic heterocycles. The zero-order valence-electron chi connectivity index (χ0n) is 19.9. The van der Waals surface area contributed by atoms with Crippen molar-refractivity contribution in [3.05, 3.63) is 104 Å². The third-order valence-corrected chi connectivity index (χ3v) is 12.7. The number of allylic oxidation sites excluding steroid dienone is 2. The van der Waals surface area contributed by atoms with Crippen molar-refractivity contribution in [2.75, 3.05) is 0 Å². The first-order valence-corrected chi connectivity index (χ1v) is 15.5. The molecule has 3 aromatic rings. The number of halogens is 1. The molecule has 32 heavy (non-hydrogen) atoms. The Labute approximate surface area is 202 Å². The van der Waals surface area contributed by atoms with Crippen LogP contribution in [0.1, 0.15) is 58.3 Å². The largest absolute Gasteiger partial charge is 0.0722 e. The van der Waals surface area contributed by atoms with E-state index < -0.39 is 8.07 Å². The minimum atomic E-state index is -1.79. The number of rotatable bonds is 3. The molecule has 2 aliphatic rings. The van der Waals surface area contributed by atoms with Gasteiger partial charge in [0.2, 0.25) is 0 Å². The fourth-order valence-electron chi connectivity index (χ4n) is 6.59. The van der Waals surface area contributed by atoms with Gasteiger partial charge < -0.3 is 0 Å². The van der Waals surface area contributed by atoms with Crippen molar-refractivity contribution in [2.24, 2.45) is 0 Å². The Hall–Kier alpha value is -2.16. The van der Waals surface area contributed by atoms with Gasteiger partial charge in [-0.15, -0.1) is 0 Å². The Morgan fingerprint density at radius 3 is 1.84 bits per heavy atom. The van der Waals surface area contributed by atoms with E-state index in [4.69, 9.17) is 0 Å². The summed E-state index contributed by atoms with van der Waals surface area (Å²) in [6, 6.07) is 20.6. The van der Waals surface area contributed by atoms with E-state index in [1.807, 2.05) is 0 Å². The van der Waals surface area contributed by atoms with Crippen molar-refractivity contribution in [3.8, 4) is 11.1 Å². The van der Waals surface area contributed by atoms with Gasteiger partial charge in [0.15, 0.2) is 0 Å². The summed E-state index contributed by atoms with van der Waals surface area (Å²) < 4.78 is 1.22. The summed E-state index contributed by atoms with van der Waals surface area (Å²) in [6.07, 6.45) is 4.90. The molecule has 0 N–H and O–H groups in total. The molecule has 0 radical (unpaired) electrons. The normalized spacial score (nSPS) is 19.5. The van der Waals surface area contributed by atoms with E-state index >= 15 is 0 Å². The average molecular weight is 500 g/mol. The second kappa shape index (κ2) is 7.71. The van der Waals surface area contributed by atoms with Crippen LogP contribution in [0.3, 0.4) is 0 Å². The van der Waals surface area contributed by atoms with Crippen molar-refractivity contribution >= 4 is 36.2 Å². The molecule has 2 heteroatoms. The highest BCUT2D eigenvalue weighted by molar-refractivity contribution is 9.10. The molecule has 5 rings (SSSR count). The van der Waals surface area contributed by atoms with Crippen LogP contribution in [0.2, 0.25) is 13.1 Å². The fourth-order valence-corrected chi connectivity index (χ4v) is 12.0. The smallest absolute Gasteiger partial charge is 0.0679 e. The second-order valence-electron chi connectivity index (χ2n) is 10.4. The van der Waals surface area contributed by atoms with Gasteiger partial charge in [-0.05, 0) is 67.1 Å². The fraction of sp³-hybridized carbons (Fsp3) is 0.267. The van der Waals surface area contributed by atoms with Crippen molar-refractivity contribution in [1.29, 1.82) is 0 Å². The van der Waals surface area contributed by atoms with Gasteiger partial charge in [-0.25, -0.2) is 0 Å². The molecule has 0 spiro atoms. The first-order valence-electron chi connectivity index (χ1n) is 11.5. The van der Waals surface area contributed by atoms with Crippen molar-refractivity contribution in [3.63, 3.8) is 0 Å². The maximum absolute atomic E-state index is 3.80. The number of fused-ring (bicyclic) bond motifs is 2. The minimum absolute atomic E-state index is 0.529. The van der Waals surface area contributed by atoms with E-state index in [1.165, 1.54) is 60.1 Å². The topological polar surface area (TPSA) is 0 Å². The van der Waals surface area contributed by atoms with Crippen LogP contribution in [-0.2, 0) is 0 Å². The molecule has 2 aliphatic carbocycles. The number of aryl methyl sites for hydroxylation is 2. The van der Waals surface area contributed by atoms with E-state index in [9.17, 15) is 0 Å². The van der Waals surface area contributed by atoms with Crippen LogP contribution < -0.4 is 0 Å². The maximum Gasteiger partial charge on any atom is 0.0722 e. The lowest BCUT2D eigenvalue weighted by atomic mass is 9.95. The molecule has 0 fully saturated rings. The summed E-state index contributed by atoms with van der Waals surface area (Å²) in [4.78, 5) is 0. The third-order valence-electron chi connectivity index (χ3n) is 7.52. The zero-order chi connectivity index (χ0) is 22.8. The summed E-state index contributed by atoms with van der Waals surface area (Å²) in [5.41, 5.74) is 15.4. The van der Waals surface area contributed by atoms with E-state index in [2.05, 4.69) is 123 Å². The zero-order valence-corrected chi connectivity index (χ0v) is 22.5. The van der Waals surface area contributed by atoms with Crippen LogP contribution in [0.25, 0.3) is 23.3 Å². The summed E-state index contributed by atoms with van der Waals surface area (Å²) in [6.45, 7) is 14.3.